The number of amides is 1. The van der Waals surface area contributed by atoms with Crippen molar-refractivity contribution in [2.45, 2.75) is 25.5 Å². The molecule has 1 aliphatic rings. The topological polar surface area (TPSA) is 53.0 Å². The molecule has 0 bridgehead atoms. The number of aliphatic hydroxyl groups is 1. The van der Waals surface area contributed by atoms with Crippen LogP contribution in [0.15, 0.2) is 24.3 Å². The maximum Gasteiger partial charge on any atom is 0.260 e. The Bertz CT molecular complexity index is 473. The van der Waals surface area contributed by atoms with Crippen LogP contribution < -0.4 is 4.74 Å². The molecule has 21 heavy (non-hydrogen) atoms. The summed E-state index contributed by atoms with van der Waals surface area (Å²) >= 11 is 0. The Labute approximate surface area is 126 Å². The van der Waals surface area contributed by atoms with E-state index in [4.69, 9.17) is 4.74 Å². The van der Waals surface area contributed by atoms with Gasteiger partial charge in [0.25, 0.3) is 5.91 Å². The lowest BCUT2D eigenvalue weighted by Crippen LogP contribution is -2.43. The summed E-state index contributed by atoms with van der Waals surface area (Å²) in [5.41, 5.74) is 1.15. The van der Waals surface area contributed by atoms with Crippen molar-refractivity contribution < 1.29 is 14.6 Å². The van der Waals surface area contributed by atoms with Crippen molar-refractivity contribution in [3.05, 3.63) is 29.8 Å². The first-order chi connectivity index (χ1) is 9.95. The van der Waals surface area contributed by atoms with E-state index in [0.717, 1.165) is 12.1 Å². The summed E-state index contributed by atoms with van der Waals surface area (Å²) in [6, 6.07) is 7.68. The molecule has 5 nitrogen and oxygen atoms in total. The molecule has 2 unspecified atom stereocenters. The first kappa shape index (κ1) is 15.8. The summed E-state index contributed by atoms with van der Waals surface area (Å²) in [4.78, 5) is 16.1. The zero-order chi connectivity index (χ0) is 15.4. The number of aliphatic hydroxyl groups excluding tert-OH is 1. The summed E-state index contributed by atoms with van der Waals surface area (Å²) < 4.78 is 5.54. The third kappa shape index (κ3) is 4.44. The lowest BCUT2D eigenvalue weighted by Gasteiger charge is -2.26. The summed E-state index contributed by atoms with van der Waals surface area (Å²) in [5, 5.41) is 9.79. The molecular formula is C16H24N2O3. The summed E-state index contributed by atoms with van der Waals surface area (Å²) in [6.07, 6.45) is 0.201. The number of hydrogen-bond donors (Lipinski definition) is 1. The van der Waals surface area contributed by atoms with Crippen molar-refractivity contribution in [2.75, 3.05) is 33.8 Å². The van der Waals surface area contributed by atoms with Crippen LogP contribution in [0.1, 0.15) is 12.0 Å². The standard InChI is InChI=1S/C16H24N2O3/c1-12-4-6-15(7-5-12)21-11-16(20)18-10-14(19)8-13(18)9-17(2)3/h4-7,13-14,19H,8-11H2,1-3H3. The molecular weight excluding hydrogens is 268 g/mol. The Kier molecular flexibility index (Phi) is 5.20. The monoisotopic (exact) mass is 292 g/mol. The molecule has 0 spiro atoms. The van der Waals surface area contributed by atoms with Crippen LogP contribution in [0.5, 0.6) is 5.75 Å². The number of carbonyl (C=O) groups excluding carboxylic acids is 1. The minimum absolute atomic E-state index is 0.0136. The average molecular weight is 292 g/mol. The molecule has 1 aromatic carbocycles. The molecule has 2 atom stereocenters. The molecule has 1 fully saturated rings. The molecule has 5 heteroatoms. The van der Waals surface area contributed by atoms with E-state index in [0.29, 0.717) is 18.7 Å². The van der Waals surface area contributed by atoms with Gasteiger partial charge in [-0.2, -0.15) is 0 Å². The highest BCUT2D eigenvalue weighted by molar-refractivity contribution is 5.78. The minimum atomic E-state index is -0.432. The SMILES string of the molecule is Cc1ccc(OCC(=O)N2CC(O)CC2CN(C)C)cc1. The van der Waals surface area contributed by atoms with Gasteiger partial charge in [-0.15, -0.1) is 0 Å². The molecule has 1 heterocycles. The third-order valence-corrected chi connectivity index (χ3v) is 3.67. The van der Waals surface area contributed by atoms with Crippen molar-refractivity contribution in [1.29, 1.82) is 0 Å². The normalized spacial score (nSPS) is 21.9. The number of nitrogens with zero attached hydrogens (tertiary/aromatic N) is 2. The molecule has 1 N–H and O–H groups in total. The Hall–Kier alpha value is -1.59. The molecule has 116 valence electrons. The fourth-order valence-corrected chi connectivity index (χ4v) is 2.65. The quantitative estimate of drug-likeness (QED) is 0.876. The number of hydrogen-bond acceptors (Lipinski definition) is 4. The van der Waals surface area contributed by atoms with E-state index in [-0.39, 0.29) is 18.6 Å². The van der Waals surface area contributed by atoms with Crippen LogP contribution in [-0.2, 0) is 4.79 Å². The number of ether oxygens (including phenoxy) is 1. The van der Waals surface area contributed by atoms with Crippen LogP contribution in [0.3, 0.4) is 0 Å². The second-order valence-electron chi connectivity index (χ2n) is 5.95. The molecule has 1 aromatic rings. The molecule has 1 saturated heterocycles. The van der Waals surface area contributed by atoms with Crippen LogP contribution in [-0.4, -0.2) is 66.8 Å². The highest BCUT2D eigenvalue weighted by Crippen LogP contribution is 2.19. The van der Waals surface area contributed by atoms with Gasteiger partial charge in [-0.3, -0.25) is 4.79 Å². The van der Waals surface area contributed by atoms with Crippen molar-refractivity contribution in [3.63, 3.8) is 0 Å². The number of carbonyl (C=O) groups is 1. The van der Waals surface area contributed by atoms with Crippen LogP contribution in [0.4, 0.5) is 0 Å². The molecule has 0 saturated carbocycles. The van der Waals surface area contributed by atoms with Crippen LogP contribution >= 0.6 is 0 Å². The summed E-state index contributed by atoms with van der Waals surface area (Å²) in [5.74, 6) is 0.622. The van der Waals surface area contributed by atoms with Gasteiger partial charge in [0.05, 0.1) is 6.10 Å². The Morgan fingerprint density at radius 3 is 2.67 bits per heavy atom. The highest BCUT2D eigenvalue weighted by Gasteiger charge is 2.34. The van der Waals surface area contributed by atoms with E-state index in [1.165, 1.54) is 0 Å². The lowest BCUT2D eigenvalue weighted by molar-refractivity contribution is -0.134. The van der Waals surface area contributed by atoms with Gasteiger partial charge in [-0.25, -0.2) is 0 Å². The van der Waals surface area contributed by atoms with Gasteiger partial charge in [-0.05, 0) is 39.6 Å². The second-order valence-corrected chi connectivity index (χ2v) is 5.95. The van der Waals surface area contributed by atoms with E-state index in [1.807, 2.05) is 50.2 Å². The maximum atomic E-state index is 12.3. The zero-order valence-electron chi connectivity index (χ0n) is 13.0. The first-order valence-electron chi connectivity index (χ1n) is 7.27. The molecule has 0 radical (unpaired) electrons. The summed E-state index contributed by atoms with van der Waals surface area (Å²) in [6.45, 7) is 3.17. The Morgan fingerprint density at radius 2 is 2.05 bits per heavy atom. The van der Waals surface area contributed by atoms with E-state index in [9.17, 15) is 9.90 Å². The molecule has 0 aliphatic carbocycles. The molecule has 1 aliphatic heterocycles. The lowest BCUT2D eigenvalue weighted by atomic mass is 10.2. The first-order valence-corrected chi connectivity index (χ1v) is 7.27. The molecule has 1 amide bonds. The Morgan fingerprint density at radius 1 is 1.38 bits per heavy atom. The number of likely N-dealkylation sites (N-methyl/N-ethyl adjacent to an activating group) is 1. The predicted octanol–water partition coefficient (Wildman–Crippen LogP) is 0.897. The Balaban J connectivity index is 1.90. The average Bonchev–Trinajstić information content (AvgIpc) is 2.78. The van der Waals surface area contributed by atoms with E-state index in [1.54, 1.807) is 4.90 Å². The van der Waals surface area contributed by atoms with Crippen molar-refractivity contribution in [3.8, 4) is 5.75 Å². The van der Waals surface area contributed by atoms with Crippen LogP contribution in [0.25, 0.3) is 0 Å². The molecule has 2 rings (SSSR count). The van der Waals surface area contributed by atoms with E-state index >= 15 is 0 Å². The minimum Gasteiger partial charge on any atom is -0.484 e. The van der Waals surface area contributed by atoms with Gasteiger partial charge in [0.1, 0.15) is 5.75 Å². The van der Waals surface area contributed by atoms with Crippen molar-refractivity contribution >= 4 is 5.91 Å². The molecule has 0 aromatic heterocycles. The fourth-order valence-electron chi connectivity index (χ4n) is 2.65. The number of aryl methyl sites for hydroxylation is 1. The fraction of sp³-hybridized carbons (Fsp3) is 0.562. The number of likely N-dealkylation sites (tertiary alicyclic amines) is 1. The summed E-state index contributed by atoms with van der Waals surface area (Å²) in [7, 11) is 3.94. The van der Waals surface area contributed by atoms with Gasteiger partial charge in [0, 0.05) is 19.1 Å². The van der Waals surface area contributed by atoms with Gasteiger partial charge < -0.3 is 19.6 Å². The van der Waals surface area contributed by atoms with E-state index < -0.39 is 6.10 Å². The highest BCUT2D eigenvalue weighted by atomic mass is 16.5. The second kappa shape index (κ2) is 6.91. The smallest absolute Gasteiger partial charge is 0.260 e. The number of benzene rings is 1. The van der Waals surface area contributed by atoms with Gasteiger partial charge in [-0.1, -0.05) is 17.7 Å². The zero-order valence-corrected chi connectivity index (χ0v) is 13.0. The van der Waals surface area contributed by atoms with Gasteiger partial charge in [0.15, 0.2) is 6.61 Å². The van der Waals surface area contributed by atoms with Gasteiger partial charge >= 0.3 is 0 Å². The number of rotatable bonds is 5. The van der Waals surface area contributed by atoms with Crippen molar-refractivity contribution in [2.24, 2.45) is 0 Å². The number of β-amino-alcohol motifs (C(OH)–C–C–N with tert-alkyl or cyclic N) is 1. The maximum absolute atomic E-state index is 12.3. The van der Waals surface area contributed by atoms with Crippen LogP contribution in [0.2, 0.25) is 0 Å². The van der Waals surface area contributed by atoms with Crippen LogP contribution in [0, 0.1) is 6.92 Å². The van der Waals surface area contributed by atoms with E-state index in [2.05, 4.69) is 0 Å². The largest absolute Gasteiger partial charge is 0.484 e. The predicted molar refractivity (Wildman–Crippen MR) is 81.4 cm³/mol. The van der Waals surface area contributed by atoms with Gasteiger partial charge in [0.2, 0.25) is 0 Å². The third-order valence-electron chi connectivity index (χ3n) is 3.67. The van der Waals surface area contributed by atoms with Crippen molar-refractivity contribution in [1.82, 2.24) is 9.80 Å².